The molecule has 0 fully saturated rings. The number of ether oxygens (including phenoxy) is 4. The van der Waals surface area contributed by atoms with Gasteiger partial charge in [-0.15, -0.1) is 4.76 Å². The van der Waals surface area contributed by atoms with E-state index in [9.17, 15) is 24.1 Å². The smallest absolute Gasteiger partial charge is 0.480 e. The van der Waals surface area contributed by atoms with E-state index in [1.54, 1.807) is 6.92 Å². The maximum Gasteiger partial charge on any atom is 0.508 e. The van der Waals surface area contributed by atoms with Crippen LogP contribution in [0.15, 0.2) is 4.76 Å². The van der Waals surface area contributed by atoms with Gasteiger partial charge in [0.05, 0.1) is 26.4 Å². The van der Waals surface area contributed by atoms with Crippen LogP contribution in [0.25, 0.3) is 0 Å². The first-order valence-corrected chi connectivity index (χ1v) is 16.9. The average Bonchev–Trinajstić information content (AvgIpc) is 2.96. The predicted octanol–water partition coefficient (Wildman–Crippen LogP) is 6.26. The molecule has 14 nitrogen and oxygen atoms in total. The molecule has 0 saturated heterocycles. The van der Waals surface area contributed by atoms with Crippen LogP contribution in [0.1, 0.15) is 104 Å². The number of nitrogens with two attached hydrogens (primary N) is 1. The number of nitrogens with zero attached hydrogens (tertiary/aromatic N) is 2. The number of guanidine groups is 1. The molecule has 0 rings (SSSR count). The Labute approximate surface area is 256 Å². The summed E-state index contributed by atoms with van der Waals surface area (Å²) >= 11 is 0. The van der Waals surface area contributed by atoms with Crippen molar-refractivity contribution in [2.75, 3.05) is 46.7 Å². The zero-order chi connectivity index (χ0) is 32.3. The molecule has 0 spiro atoms. The van der Waals surface area contributed by atoms with Gasteiger partial charge in [0.15, 0.2) is 0 Å². The number of rotatable bonds is 26. The van der Waals surface area contributed by atoms with Crippen LogP contribution in [0.5, 0.6) is 0 Å². The van der Waals surface area contributed by atoms with Crippen molar-refractivity contribution in [3.8, 4) is 0 Å². The van der Waals surface area contributed by atoms with Crippen LogP contribution in [-0.2, 0) is 37.4 Å². The summed E-state index contributed by atoms with van der Waals surface area (Å²) in [5.74, 6) is -1.56. The van der Waals surface area contributed by atoms with Crippen molar-refractivity contribution in [3.05, 3.63) is 0 Å². The summed E-state index contributed by atoms with van der Waals surface area (Å²) in [6, 6.07) is -1.04. The van der Waals surface area contributed by atoms with Crippen molar-refractivity contribution < 1.29 is 52.1 Å². The monoisotopic (exact) mass is 639 g/mol. The van der Waals surface area contributed by atoms with Crippen molar-refractivity contribution in [1.29, 1.82) is 0 Å². The lowest BCUT2D eigenvalue weighted by Crippen LogP contribution is -2.45. The van der Waals surface area contributed by atoms with Crippen molar-refractivity contribution in [3.63, 3.8) is 0 Å². The molecule has 15 heteroatoms. The number of hydrogen-bond donors (Lipinski definition) is 2. The largest absolute Gasteiger partial charge is 0.508 e. The van der Waals surface area contributed by atoms with E-state index in [-0.39, 0.29) is 46.1 Å². The molecule has 252 valence electrons. The SMILES string of the molecule is CCCCCCCCOC(=O)OCCOP(=O)(N=C(N)N(C)C(CC)C(=O)O)OCCOC(=O)OCCCCCCCC. The van der Waals surface area contributed by atoms with Gasteiger partial charge in [-0.3, -0.25) is 9.05 Å². The zero-order valence-corrected chi connectivity index (χ0v) is 27.4. The third-order valence-electron chi connectivity index (χ3n) is 6.28. The molecule has 0 saturated carbocycles. The fourth-order valence-electron chi connectivity index (χ4n) is 3.78. The number of carbonyl (C=O) groups excluding carboxylic acids is 2. The van der Waals surface area contributed by atoms with Crippen molar-refractivity contribution in [1.82, 2.24) is 4.90 Å². The predicted molar refractivity (Wildman–Crippen MR) is 162 cm³/mol. The third-order valence-corrected chi connectivity index (χ3v) is 7.74. The Bertz CT molecular complexity index is 803. The van der Waals surface area contributed by atoms with Crippen molar-refractivity contribution in [2.24, 2.45) is 10.5 Å². The quantitative estimate of drug-likeness (QED) is 0.0355. The molecule has 1 atom stereocenters. The normalized spacial score (nSPS) is 12.4. The van der Waals surface area contributed by atoms with Gasteiger partial charge in [0.1, 0.15) is 19.3 Å². The van der Waals surface area contributed by atoms with Crippen LogP contribution in [0.4, 0.5) is 9.59 Å². The molecule has 3 N–H and O–H groups in total. The molecule has 0 aliphatic carbocycles. The summed E-state index contributed by atoms with van der Waals surface area (Å²) in [6.45, 7) is 4.96. The fourth-order valence-corrected chi connectivity index (χ4v) is 4.97. The zero-order valence-electron chi connectivity index (χ0n) is 26.5. The molecular weight excluding hydrogens is 585 g/mol. The minimum Gasteiger partial charge on any atom is -0.480 e. The molecular formula is C28H54N3O11P. The summed E-state index contributed by atoms with van der Waals surface area (Å²) in [5, 5.41) is 9.39. The highest BCUT2D eigenvalue weighted by Crippen LogP contribution is 2.49. The van der Waals surface area contributed by atoms with Gasteiger partial charge in [0, 0.05) is 7.05 Å². The standard InChI is InChI=1S/C28H54N3O11P/c1-5-8-10-12-14-16-18-37-27(34)39-20-22-41-43(36,30-26(29)31(4)24(7-3)25(32)33)42-23-21-40-28(35)38-19-17-15-13-11-9-6-2/h24H,5-23H2,1-4H3,(H,32,33)(H2,29,30,36). The number of hydrogen-bond acceptors (Lipinski definition) is 10. The van der Waals surface area contributed by atoms with Crippen LogP contribution in [0.3, 0.4) is 0 Å². The van der Waals surface area contributed by atoms with Crippen LogP contribution in [0.2, 0.25) is 0 Å². The number of aliphatic carboxylic acids is 1. The summed E-state index contributed by atoms with van der Waals surface area (Å²) in [4.78, 5) is 36.2. The molecule has 1 unspecified atom stereocenters. The van der Waals surface area contributed by atoms with Crippen molar-refractivity contribution >= 4 is 32.0 Å². The lowest BCUT2D eigenvalue weighted by atomic mass is 10.1. The highest BCUT2D eigenvalue weighted by molar-refractivity contribution is 7.52. The van der Waals surface area contributed by atoms with E-state index in [1.807, 2.05) is 0 Å². The summed E-state index contributed by atoms with van der Waals surface area (Å²) in [7, 11) is -2.97. The van der Waals surface area contributed by atoms with Crippen LogP contribution in [0, 0.1) is 0 Å². The van der Waals surface area contributed by atoms with E-state index < -0.39 is 38.0 Å². The number of unbranched alkanes of at least 4 members (excludes halogenated alkanes) is 10. The Morgan fingerprint density at radius 2 is 1.09 bits per heavy atom. The average molecular weight is 640 g/mol. The lowest BCUT2D eigenvalue weighted by Gasteiger charge is -2.25. The molecule has 43 heavy (non-hydrogen) atoms. The first kappa shape index (κ1) is 40.4. The number of carboxylic acids is 1. The van der Waals surface area contributed by atoms with Crippen LogP contribution in [-0.4, -0.2) is 87.0 Å². The van der Waals surface area contributed by atoms with Gasteiger partial charge in [-0.05, 0) is 19.3 Å². The third kappa shape index (κ3) is 21.7. The van der Waals surface area contributed by atoms with Gasteiger partial charge in [0.2, 0.25) is 5.96 Å². The van der Waals surface area contributed by atoms with Gasteiger partial charge in [-0.1, -0.05) is 85.0 Å². The lowest BCUT2D eigenvalue weighted by molar-refractivity contribution is -0.141. The van der Waals surface area contributed by atoms with Crippen molar-refractivity contribution in [2.45, 2.75) is 110 Å². The number of carboxylic acid groups (broad SMARTS) is 1. The Balaban J connectivity index is 4.78. The molecule has 0 bridgehead atoms. The highest BCUT2D eigenvalue weighted by Gasteiger charge is 2.29. The highest BCUT2D eigenvalue weighted by atomic mass is 31.2. The van der Waals surface area contributed by atoms with E-state index in [0.29, 0.717) is 0 Å². The minimum atomic E-state index is -4.34. The molecule has 0 aromatic heterocycles. The van der Waals surface area contributed by atoms with E-state index in [2.05, 4.69) is 18.6 Å². The molecule has 0 aromatic rings. The maximum atomic E-state index is 13.3. The van der Waals surface area contributed by atoms with E-state index >= 15 is 0 Å². The molecule has 0 heterocycles. The molecule has 0 aliphatic heterocycles. The van der Waals surface area contributed by atoms with Crippen LogP contribution >= 0.6 is 7.75 Å². The first-order chi connectivity index (χ1) is 20.6. The van der Waals surface area contributed by atoms with Gasteiger partial charge in [0.25, 0.3) is 0 Å². The molecule has 0 aliphatic rings. The molecule has 0 amide bonds. The minimum absolute atomic E-state index is 0.192. The Morgan fingerprint density at radius 3 is 1.49 bits per heavy atom. The number of carbonyl (C=O) groups is 3. The summed E-state index contributed by atoms with van der Waals surface area (Å²) < 4.78 is 47.5. The van der Waals surface area contributed by atoms with Gasteiger partial charge < -0.3 is 34.7 Å². The topological polar surface area (TPSA) is 186 Å². The van der Waals surface area contributed by atoms with E-state index in [0.717, 1.165) is 69.1 Å². The second-order valence-electron chi connectivity index (χ2n) is 9.90. The second kappa shape index (κ2) is 25.9. The molecule has 0 aromatic carbocycles. The summed E-state index contributed by atoms with van der Waals surface area (Å²) in [5.41, 5.74) is 5.90. The second-order valence-corrected chi connectivity index (χ2v) is 11.5. The van der Waals surface area contributed by atoms with Gasteiger partial charge >= 0.3 is 26.0 Å². The first-order valence-electron chi connectivity index (χ1n) is 15.4. The summed E-state index contributed by atoms with van der Waals surface area (Å²) in [6.07, 6.45) is 10.9. The Hall–Kier alpha value is -2.57. The Kier molecular flexibility index (Phi) is 24.3. The Morgan fingerprint density at radius 1 is 0.698 bits per heavy atom. The maximum absolute atomic E-state index is 13.3. The van der Waals surface area contributed by atoms with Gasteiger partial charge in [-0.2, -0.15) is 0 Å². The van der Waals surface area contributed by atoms with Crippen LogP contribution < -0.4 is 5.73 Å². The van der Waals surface area contributed by atoms with Gasteiger partial charge in [-0.25, -0.2) is 18.9 Å². The fraction of sp³-hybridized carbons (Fsp3) is 0.857. The number of likely N-dealkylation sites (N-methyl/N-ethyl adjacent to an activating group) is 1. The van der Waals surface area contributed by atoms with E-state index in [4.69, 9.17) is 33.7 Å². The van der Waals surface area contributed by atoms with E-state index in [1.165, 1.54) is 19.9 Å². The molecule has 0 radical (unpaired) electrons.